The molecular weight excluding hydrogens is 513 g/mol. The molecule has 2 aliphatic heterocycles. The van der Waals surface area contributed by atoms with E-state index in [1.54, 1.807) is 31.3 Å². The lowest BCUT2D eigenvalue weighted by Crippen LogP contribution is -2.42. The molecule has 2 aliphatic rings. The van der Waals surface area contributed by atoms with Crippen LogP contribution in [-0.2, 0) is 22.9 Å². The van der Waals surface area contributed by atoms with E-state index >= 15 is 4.39 Å². The molecule has 0 atom stereocenters. The number of aryl methyl sites for hydroxylation is 1. The zero-order chi connectivity index (χ0) is 27.9. The van der Waals surface area contributed by atoms with Gasteiger partial charge in [-0.05, 0) is 113 Å². The average molecular weight is 552 g/mol. The average Bonchev–Trinajstić information content (AvgIpc) is 3.30. The van der Waals surface area contributed by atoms with Gasteiger partial charge in [0.25, 0.3) is 0 Å². The van der Waals surface area contributed by atoms with Crippen LogP contribution in [0.25, 0.3) is 0 Å². The van der Waals surface area contributed by atoms with Crippen LogP contribution in [0.2, 0.25) is 0 Å². The number of nitrogens with zero attached hydrogens (tertiary/aromatic N) is 4. The number of anilines is 3. The third-order valence-electron chi connectivity index (χ3n) is 7.93. The van der Waals surface area contributed by atoms with Crippen molar-refractivity contribution in [1.82, 2.24) is 14.9 Å². The van der Waals surface area contributed by atoms with Crippen LogP contribution >= 0.6 is 0 Å². The van der Waals surface area contributed by atoms with Gasteiger partial charge in [-0.15, -0.1) is 0 Å². The number of halogens is 1. The van der Waals surface area contributed by atoms with Crippen LogP contribution in [0.1, 0.15) is 67.5 Å². The Morgan fingerprint density at radius 1 is 1.08 bits per heavy atom. The van der Waals surface area contributed by atoms with E-state index in [1.807, 2.05) is 37.3 Å². The molecule has 208 valence electrons. The van der Waals surface area contributed by atoms with Crippen LogP contribution in [0.4, 0.5) is 21.7 Å². The van der Waals surface area contributed by atoms with E-state index < -0.39 is 14.8 Å². The predicted molar refractivity (Wildman–Crippen MR) is 155 cm³/mol. The summed E-state index contributed by atoms with van der Waals surface area (Å²) in [5.41, 5.74) is 5.93. The Morgan fingerprint density at radius 2 is 1.82 bits per heavy atom. The Bertz CT molecular complexity index is 1480. The van der Waals surface area contributed by atoms with Crippen LogP contribution in [0.3, 0.4) is 0 Å². The van der Waals surface area contributed by atoms with Gasteiger partial charge in [0.05, 0.1) is 16.1 Å². The van der Waals surface area contributed by atoms with Crippen molar-refractivity contribution < 1.29 is 12.8 Å². The zero-order valence-electron chi connectivity index (χ0n) is 23.5. The highest BCUT2D eigenvalue weighted by Crippen LogP contribution is 2.36. The summed E-state index contributed by atoms with van der Waals surface area (Å²) in [6, 6.07) is 11.3. The van der Waals surface area contributed by atoms with Crippen molar-refractivity contribution in [2.45, 2.75) is 64.0 Å². The fourth-order valence-corrected chi connectivity index (χ4v) is 6.80. The van der Waals surface area contributed by atoms with Crippen molar-refractivity contribution in [2.75, 3.05) is 36.3 Å². The summed E-state index contributed by atoms with van der Waals surface area (Å²) in [7, 11) is -1.38. The monoisotopic (exact) mass is 551 g/mol. The van der Waals surface area contributed by atoms with Gasteiger partial charge < -0.3 is 10.2 Å². The first-order chi connectivity index (χ1) is 18.4. The number of benzene rings is 2. The number of likely N-dealkylation sites (tertiary alicyclic amines) is 1. The van der Waals surface area contributed by atoms with Crippen LogP contribution in [-0.4, -0.2) is 54.7 Å². The molecule has 3 heterocycles. The Balaban J connectivity index is 1.34. The highest BCUT2D eigenvalue weighted by Gasteiger charge is 2.38. The minimum absolute atomic E-state index is 0.199. The molecule has 0 aliphatic carbocycles. The molecule has 2 aromatic carbocycles. The molecule has 0 unspecified atom stereocenters. The van der Waals surface area contributed by atoms with Crippen molar-refractivity contribution in [3.63, 3.8) is 0 Å². The highest BCUT2D eigenvalue weighted by atomic mass is 32.2. The molecule has 1 saturated heterocycles. The molecule has 0 radical (unpaired) electrons. The molecule has 39 heavy (non-hydrogen) atoms. The van der Waals surface area contributed by atoms with E-state index in [-0.39, 0.29) is 11.7 Å². The normalized spacial score (nSPS) is 16.9. The number of hydrogen-bond donors (Lipinski definition) is 1. The molecule has 1 N–H and O–H groups in total. The second-order valence-corrected chi connectivity index (χ2v) is 14.5. The van der Waals surface area contributed by atoms with Gasteiger partial charge in [0.1, 0.15) is 5.82 Å². The van der Waals surface area contributed by atoms with E-state index in [0.29, 0.717) is 31.0 Å². The second-order valence-electron chi connectivity index (χ2n) is 11.8. The number of aromatic nitrogens is 2. The van der Waals surface area contributed by atoms with Gasteiger partial charge in [-0.25, -0.2) is 22.8 Å². The van der Waals surface area contributed by atoms with E-state index in [1.165, 1.54) is 6.07 Å². The first-order valence-corrected chi connectivity index (χ1v) is 15.1. The summed E-state index contributed by atoms with van der Waals surface area (Å²) in [4.78, 5) is 11.4. The lowest BCUT2D eigenvalue weighted by atomic mass is 9.89. The summed E-state index contributed by atoms with van der Waals surface area (Å²) < 4.78 is 42.0. The number of piperidine rings is 1. The van der Waals surface area contributed by atoms with Crippen LogP contribution in [0.15, 0.2) is 42.6 Å². The maximum absolute atomic E-state index is 15.0. The van der Waals surface area contributed by atoms with Crippen LogP contribution in [0.5, 0.6) is 0 Å². The second kappa shape index (κ2) is 10.5. The number of sulfonamides is 1. The Labute approximate surface area is 231 Å². The summed E-state index contributed by atoms with van der Waals surface area (Å²) in [5.74, 6) is 0.453. The summed E-state index contributed by atoms with van der Waals surface area (Å²) >= 11 is 0. The smallest absolute Gasteiger partial charge is 0.240 e. The van der Waals surface area contributed by atoms with Crippen molar-refractivity contribution >= 4 is 27.3 Å². The van der Waals surface area contributed by atoms with Crippen LogP contribution in [0, 0.1) is 12.7 Å². The van der Waals surface area contributed by atoms with E-state index in [2.05, 4.69) is 22.2 Å². The maximum atomic E-state index is 15.0. The van der Waals surface area contributed by atoms with Gasteiger partial charge in [0.2, 0.25) is 16.0 Å². The van der Waals surface area contributed by atoms with E-state index in [9.17, 15) is 8.42 Å². The van der Waals surface area contributed by atoms with Gasteiger partial charge in [-0.3, -0.25) is 4.31 Å². The number of hydrogen-bond acceptors (Lipinski definition) is 6. The molecule has 0 spiro atoms. The molecule has 0 bridgehead atoms. The van der Waals surface area contributed by atoms with E-state index in [0.717, 1.165) is 59.6 Å². The highest BCUT2D eigenvalue weighted by molar-refractivity contribution is 7.94. The molecule has 1 fully saturated rings. The lowest BCUT2D eigenvalue weighted by molar-refractivity contribution is 0.253. The standard InChI is InChI=1S/C30H38FN5O2S/c1-20-19-32-29(33-24-8-9-25(26(31)18-24)22-10-13-35(5)14-11-22)34-27(20)16-21-6-7-23-12-15-36(28(23)17-21)39(37,38)30(2,3)4/h6-9,17-19,22H,10-16H2,1-5H3,(H,32,33,34). The van der Waals surface area contributed by atoms with Gasteiger partial charge in [0, 0.05) is 24.8 Å². The first-order valence-electron chi connectivity index (χ1n) is 13.6. The fourth-order valence-electron chi connectivity index (χ4n) is 5.38. The van der Waals surface area contributed by atoms with Crippen molar-refractivity contribution in [3.05, 3.63) is 76.4 Å². The van der Waals surface area contributed by atoms with Gasteiger partial charge in [0.15, 0.2) is 0 Å². The number of nitrogens with one attached hydrogen (secondary N) is 1. The fraction of sp³-hybridized carbons (Fsp3) is 0.467. The summed E-state index contributed by atoms with van der Waals surface area (Å²) in [6.45, 7) is 9.59. The summed E-state index contributed by atoms with van der Waals surface area (Å²) in [6.07, 6.45) is 4.93. The molecule has 5 rings (SSSR count). The molecule has 0 amide bonds. The molecule has 7 nitrogen and oxygen atoms in total. The Morgan fingerprint density at radius 3 is 2.51 bits per heavy atom. The van der Waals surface area contributed by atoms with E-state index in [4.69, 9.17) is 4.98 Å². The Kier molecular flexibility index (Phi) is 7.41. The minimum Gasteiger partial charge on any atom is -0.324 e. The van der Waals surface area contributed by atoms with Crippen molar-refractivity contribution in [2.24, 2.45) is 0 Å². The molecule has 1 aromatic heterocycles. The van der Waals surface area contributed by atoms with Gasteiger partial charge in [-0.2, -0.15) is 0 Å². The van der Waals surface area contributed by atoms with Crippen molar-refractivity contribution in [1.29, 1.82) is 0 Å². The number of rotatable bonds is 6. The topological polar surface area (TPSA) is 78.4 Å². The molecule has 3 aromatic rings. The quantitative estimate of drug-likeness (QED) is 0.432. The lowest BCUT2D eigenvalue weighted by Gasteiger charge is -2.29. The van der Waals surface area contributed by atoms with Gasteiger partial charge in [-0.1, -0.05) is 18.2 Å². The third kappa shape index (κ3) is 5.65. The van der Waals surface area contributed by atoms with Crippen molar-refractivity contribution in [3.8, 4) is 0 Å². The third-order valence-corrected chi connectivity index (χ3v) is 10.4. The SMILES string of the molecule is Cc1cnc(Nc2ccc(C3CCN(C)CC3)c(F)c2)nc1Cc1ccc2c(c1)N(S(=O)(=O)C(C)(C)C)CC2. The molecular formula is C30H38FN5O2S. The zero-order valence-corrected chi connectivity index (χ0v) is 24.3. The molecule has 0 saturated carbocycles. The minimum atomic E-state index is -3.48. The predicted octanol–water partition coefficient (Wildman–Crippen LogP) is 5.56. The largest absolute Gasteiger partial charge is 0.324 e. The Hall–Kier alpha value is -3.04. The maximum Gasteiger partial charge on any atom is 0.240 e. The molecule has 9 heteroatoms. The number of fused-ring (bicyclic) bond motifs is 1. The van der Waals surface area contributed by atoms with Crippen LogP contribution < -0.4 is 9.62 Å². The van der Waals surface area contributed by atoms with Gasteiger partial charge >= 0.3 is 0 Å². The summed E-state index contributed by atoms with van der Waals surface area (Å²) in [5, 5.41) is 3.16. The first kappa shape index (κ1) is 27.5.